The molecule has 8 heteroatoms. The third-order valence-corrected chi connectivity index (χ3v) is 7.00. The van der Waals surface area contributed by atoms with Crippen LogP contribution in [-0.2, 0) is 19.4 Å². The first-order valence-electron chi connectivity index (χ1n) is 6.67. The third-order valence-electron chi connectivity index (χ3n) is 3.74. The van der Waals surface area contributed by atoms with Gasteiger partial charge in [0.1, 0.15) is 0 Å². The Bertz CT molecular complexity index is 490. The highest BCUT2D eigenvalue weighted by molar-refractivity contribution is 8.02. The largest absolute Gasteiger partial charge is 0.481 e. The molecule has 0 aromatic rings. The van der Waals surface area contributed by atoms with Crippen molar-refractivity contribution in [1.29, 1.82) is 0 Å². The molecule has 0 radical (unpaired) electrons. The summed E-state index contributed by atoms with van der Waals surface area (Å²) in [5, 5.41) is 8.76. The zero-order chi connectivity index (χ0) is 14.8. The molecule has 2 atom stereocenters. The lowest BCUT2D eigenvalue weighted by molar-refractivity contribution is -0.138. The van der Waals surface area contributed by atoms with Crippen LogP contribution in [0.5, 0.6) is 0 Å². The molecule has 20 heavy (non-hydrogen) atoms. The molecule has 0 aliphatic carbocycles. The minimum Gasteiger partial charge on any atom is -0.481 e. The van der Waals surface area contributed by atoms with Gasteiger partial charge in [-0.2, -0.15) is 0 Å². The van der Waals surface area contributed by atoms with E-state index in [2.05, 4.69) is 0 Å². The van der Waals surface area contributed by atoms with Gasteiger partial charge in [0, 0.05) is 24.8 Å². The third kappa shape index (κ3) is 4.37. The molecule has 114 valence electrons. The second-order valence-electron chi connectivity index (χ2n) is 5.43. The van der Waals surface area contributed by atoms with Crippen LogP contribution in [0, 0.1) is 5.92 Å². The molecule has 2 rings (SSSR count). The summed E-state index contributed by atoms with van der Waals surface area (Å²) in [6.07, 6.45) is 1.47. The van der Waals surface area contributed by atoms with Gasteiger partial charge < -0.3 is 10.0 Å². The number of rotatable bonds is 5. The van der Waals surface area contributed by atoms with Crippen LogP contribution in [0.1, 0.15) is 19.3 Å². The molecule has 0 aromatic carbocycles. The number of carbonyl (C=O) groups is 2. The monoisotopic (exact) mass is 321 g/mol. The number of sulfone groups is 1. The predicted molar refractivity (Wildman–Crippen MR) is 76.5 cm³/mol. The van der Waals surface area contributed by atoms with Crippen molar-refractivity contribution >= 4 is 33.5 Å². The van der Waals surface area contributed by atoms with Crippen molar-refractivity contribution in [2.45, 2.75) is 24.5 Å². The van der Waals surface area contributed by atoms with Crippen LogP contribution >= 0.6 is 11.8 Å². The van der Waals surface area contributed by atoms with Crippen LogP contribution in [-0.4, -0.2) is 65.9 Å². The SMILES string of the molecule is O=C(O)CC1CCN(C(=O)CSC2CCS(=O)(=O)C2)C1. The lowest BCUT2D eigenvalue weighted by atomic mass is 10.1. The van der Waals surface area contributed by atoms with Crippen LogP contribution in [0.2, 0.25) is 0 Å². The molecule has 0 bridgehead atoms. The van der Waals surface area contributed by atoms with Crippen LogP contribution in [0.25, 0.3) is 0 Å². The quantitative estimate of drug-likeness (QED) is 0.779. The maximum atomic E-state index is 12.0. The zero-order valence-corrected chi connectivity index (χ0v) is 12.8. The van der Waals surface area contributed by atoms with E-state index < -0.39 is 15.8 Å². The van der Waals surface area contributed by atoms with Crippen molar-refractivity contribution in [3.8, 4) is 0 Å². The Labute approximate surface area is 122 Å². The lowest BCUT2D eigenvalue weighted by Crippen LogP contribution is -2.31. The molecule has 2 fully saturated rings. The normalized spacial score (nSPS) is 28.7. The lowest BCUT2D eigenvalue weighted by Gasteiger charge is -2.17. The van der Waals surface area contributed by atoms with Gasteiger partial charge in [0.15, 0.2) is 9.84 Å². The van der Waals surface area contributed by atoms with Crippen molar-refractivity contribution in [3.63, 3.8) is 0 Å². The van der Waals surface area contributed by atoms with E-state index in [0.29, 0.717) is 25.3 Å². The summed E-state index contributed by atoms with van der Waals surface area (Å²) in [5.41, 5.74) is 0. The summed E-state index contributed by atoms with van der Waals surface area (Å²) in [5.74, 6) is -0.0918. The van der Waals surface area contributed by atoms with E-state index in [-0.39, 0.29) is 35.0 Å². The first kappa shape index (κ1) is 15.6. The van der Waals surface area contributed by atoms with Gasteiger partial charge in [0.2, 0.25) is 5.91 Å². The van der Waals surface area contributed by atoms with Crippen molar-refractivity contribution in [3.05, 3.63) is 0 Å². The van der Waals surface area contributed by atoms with Gasteiger partial charge >= 0.3 is 5.97 Å². The Morgan fingerprint density at radius 3 is 2.65 bits per heavy atom. The van der Waals surface area contributed by atoms with E-state index in [9.17, 15) is 18.0 Å². The minimum absolute atomic E-state index is 0.00723. The number of nitrogens with zero attached hydrogens (tertiary/aromatic N) is 1. The average Bonchev–Trinajstić information content (AvgIpc) is 2.92. The van der Waals surface area contributed by atoms with E-state index in [1.54, 1.807) is 4.90 Å². The molecular weight excluding hydrogens is 302 g/mol. The Morgan fingerprint density at radius 1 is 1.30 bits per heavy atom. The van der Waals surface area contributed by atoms with Gasteiger partial charge in [-0.1, -0.05) is 0 Å². The first-order chi connectivity index (χ1) is 9.35. The van der Waals surface area contributed by atoms with E-state index >= 15 is 0 Å². The summed E-state index contributed by atoms with van der Waals surface area (Å²) in [6.45, 7) is 1.12. The molecule has 2 unspecified atom stereocenters. The van der Waals surface area contributed by atoms with E-state index in [1.165, 1.54) is 11.8 Å². The van der Waals surface area contributed by atoms with Crippen LogP contribution in [0.15, 0.2) is 0 Å². The second kappa shape index (κ2) is 6.34. The van der Waals surface area contributed by atoms with Gasteiger partial charge in [-0.15, -0.1) is 11.8 Å². The Balaban J connectivity index is 1.72. The van der Waals surface area contributed by atoms with Crippen LogP contribution in [0.3, 0.4) is 0 Å². The number of amides is 1. The number of carbonyl (C=O) groups excluding carboxylic acids is 1. The topological polar surface area (TPSA) is 91.8 Å². The standard InChI is InChI=1S/C12H19NO5S2/c14-11(7-19-10-2-4-20(17,18)8-10)13-3-1-9(6-13)5-12(15)16/h9-10H,1-8H2,(H,15,16). The molecule has 2 heterocycles. The zero-order valence-electron chi connectivity index (χ0n) is 11.2. The van der Waals surface area contributed by atoms with Crippen molar-refractivity contribution in [2.75, 3.05) is 30.3 Å². The summed E-state index contributed by atoms with van der Waals surface area (Å²) in [4.78, 5) is 24.3. The molecule has 2 aliphatic rings. The molecular formula is C12H19NO5S2. The Morgan fingerprint density at radius 2 is 2.05 bits per heavy atom. The summed E-state index contributed by atoms with van der Waals surface area (Å²) < 4.78 is 22.6. The van der Waals surface area contributed by atoms with Crippen molar-refractivity contribution < 1.29 is 23.1 Å². The Kier molecular flexibility index (Phi) is 4.95. The van der Waals surface area contributed by atoms with E-state index in [0.717, 1.165) is 6.42 Å². The summed E-state index contributed by atoms with van der Waals surface area (Å²) >= 11 is 1.41. The molecule has 1 N–H and O–H groups in total. The van der Waals surface area contributed by atoms with Gasteiger partial charge in [-0.25, -0.2) is 8.42 Å². The van der Waals surface area contributed by atoms with Crippen LogP contribution < -0.4 is 0 Å². The molecule has 6 nitrogen and oxygen atoms in total. The fourth-order valence-electron chi connectivity index (χ4n) is 2.65. The smallest absolute Gasteiger partial charge is 0.303 e. The molecule has 1 amide bonds. The highest BCUT2D eigenvalue weighted by Gasteiger charge is 2.31. The number of hydrogen-bond donors (Lipinski definition) is 1. The van der Waals surface area contributed by atoms with Gasteiger partial charge in [-0.05, 0) is 18.8 Å². The number of hydrogen-bond acceptors (Lipinski definition) is 5. The predicted octanol–water partition coefficient (Wildman–Crippen LogP) is 0.230. The fourth-order valence-corrected chi connectivity index (χ4v) is 6.19. The average molecular weight is 321 g/mol. The second-order valence-corrected chi connectivity index (χ2v) is 8.95. The number of aliphatic carboxylic acids is 1. The number of carboxylic acids is 1. The summed E-state index contributed by atoms with van der Waals surface area (Å²) in [7, 11) is -2.90. The number of thioether (sulfide) groups is 1. The van der Waals surface area contributed by atoms with E-state index in [1.807, 2.05) is 0 Å². The molecule has 0 saturated carbocycles. The van der Waals surface area contributed by atoms with Crippen LogP contribution in [0.4, 0.5) is 0 Å². The van der Waals surface area contributed by atoms with E-state index in [4.69, 9.17) is 5.11 Å². The van der Waals surface area contributed by atoms with Gasteiger partial charge in [0.05, 0.1) is 17.3 Å². The number of carboxylic acid groups (broad SMARTS) is 1. The van der Waals surface area contributed by atoms with Gasteiger partial charge in [-0.3, -0.25) is 9.59 Å². The Hall–Kier alpha value is -0.760. The fraction of sp³-hybridized carbons (Fsp3) is 0.833. The van der Waals surface area contributed by atoms with Crippen molar-refractivity contribution in [2.24, 2.45) is 5.92 Å². The maximum absolute atomic E-state index is 12.0. The highest BCUT2D eigenvalue weighted by atomic mass is 32.2. The first-order valence-corrected chi connectivity index (χ1v) is 9.54. The van der Waals surface area contributed by atoms with Crippen molar-refractivity contribution in [1.82, 2.24) is 4.90 Å². The minimum atomic E-state index is -2.90. The van der Waals surface area contributed by atoms with Gasteiger partial charge in [0.25, 0.3) is 0 Å². The maximum Gasteiger partial charge on any atom is 0.303 e. The number of likely N-dealkylation sites (tertiary alicyclic amines) is 1. The molecule has 0 aromatic heterocycles. The molecule has 0 spiro atoms. The molecule has 2 aliphatic heterocycles. The highest BCUT2D eigenvalue weighted by Crippen LogP contribution is 2.26. The summed E-state index contributed by atoms with van der Waals surface area (Å²) in [6, 6.07) is 0. The molecule has 2 saturated heterocycles.